The summed E-state index contributed by atoms with van der Waals surface area (Å²) in [6.45, 7) is 8.73. The topological polar surface area (TPSA) is 54.0 Å². The molecule has 1 unspecified atom stereocenters. The number of aryl methyl sites for hydroxylation is 2. The zero-order valence-corrected chi connectivity index (χ0v) is 11.1. The van der Waals surface area contributed by atoms with Crippen LogP contribution in [0, 0.1) is 13.8 Å². The van der Waals surface area contributed by atoms with Crippen LogP contribution in [-0.4, -0.2) is 23.5 Å². The number of aromatic nitrogens is 1. The van der Waals surface area contributed by atoms with E-state index in [2.05, 4.69) is 22.5 Å². The van der Waals surface area contributed by atoms with Crippen LogP contribution in [0.1, 0.15) is 30.8 Å². The Morgan fingerprint density at radius 1 is 1.50 bits per heavy atom. The lowest BCUT2D eigenvalue weighted by Gasteiger charge is -2.11. The fourth-order valence-corrected chi connectivity index (χ4v) is 2.01. The molecule has 1 aromatic heterocycles. The van der Waals surface area contributed by atoms with Gasteiger partial charge in [0.05, 0.1) is 11.7 Å². The Morgan fingerprint density at radius 3 is 2.69 bits per heavy atom. The number of rotatable bonds is 5. The van der Waals surface area contributed by atoms with Crippen LogP contribution in [-0.2, 0) is 4.79 Å². The minimum absolute atomic E-state index is 0.0257. The second kappa shape index (κ2) is 5.96. The van der Waals surface area contributed by atoms with Crippen LogP contribution in [0.4, 0.5) is 5.13 Å². The average molecular weight is 241 g/mol. The van der Waals surface area contributed by atoms with Gasteiger partial charge in [0.2, 0.25) is 5.91 Å². The van der Waals surface area contributed by atoms with Gasteiger partial charge in [0.15, 0.2) is 5.13 Å². The lowest BCUT2D eigenvalue weighted by molar-refractivity contribution is -0.117. The van der Waals surface area contributed by atoms with Crippen molar-refractivity contribution in [3.63, 3.8) is 0 Å². The Kier molecular flexibility index (Phi) is 4.89. The quantitative estimate of drug-likeness (QED) is 0.830. The predicted octanol–water partition coefficient (Wildman–Crippen LogP) is 2.09. The molecule has 1 amide bonds. The van der Waals surface area contributed by atoms with Gasteiger partial charge in [0.25, 0.3) is 0 Å². The van der Waals surface area contributed by atoms with Crippen molar-refractivity contribution in [1.82, 2.24) is 10.3 Å². The molecule has 1 aromatic rings. The van der Waals surface area contributed by atoms with Gasteiger partial charge in [-0.2, -0.15) is 0 Å². The summed E-state index contributed by atoms with van der Waals surface area (Å²) >= 11 is 1.51. The van der Waals surface area contributed by atoms with Gasteiger partial charge in [-0.1, -0.05) is 6.92 Å². The molecule has 1 atom stereocenters. The Morgan fingerprint density at radius 2 is 2.19 bits per heavy atom. The van der Waals surface area contributed by atoms with Gasteiger partial charge in [-0.05, 0) is 33.7 Å². The van der Waals surface area contributed by atoms with Crippen molar-refractivity contribution in [1.29, 1.82) is 0 Å². The van der Waals surface area contributed by atoms with E-state index in [0.29, 0.717) is 5.13 Å². The molecular formula is C11H19N3OS. The minimum atomic E-state index is -0.176. The molecule has 0 bridgehead atoms. The first kappa shape index (κ1) is 13.1. The molecular weight excluding hydrogens is 222 g/mol. The molecule has 0 aliphatic carbocycles. The van der Waals surface area contributed by atoms with E-state index in [4.69, 9.17) is 0 Å². The van der Waals surface area contributed by atoms with E-state index >= 15 is 0 Å². The van der Waals surface area contributed by atoms with Gasteiger partial charge >= 0.3 is 0 Å². The number of amides is 1. The number of carbonyl (C=O) groups is 1. The van der Waals surface area contributed by atoms with Gasteiger partial charge in [0, 0.05) is 4.88 Å². The second-order valence-corrected chi connectivity index (χ2v) is 5.03. The van der Waals surface area contributed by atoms with E-state index in [-0.39, 0.29) is 11.9 Å². The molecule has 16 heavy (non-hydrogen) atoms. The van der Waals surface area contributed by atoms with Gasteiger partial charge in [-0.15, -0.1) is 11.3 Å². The lowest BCUT2D eigenvalue weighted by atomic mass is 10.3. The highest BCUT2D eigenvalue weighted by molar-refractivity contribution is 7.15. The molecule has 1 heterocycles. The van der Waals surface area contributed by atoms with E-state index < -0.39 is 0 Å². The molecule has 0 aliphatic heterocycles. The number of hydrogen-bond donors (Lipinski definition) is 2. The first-order valence-corrected chi connectivity index (χ1v) is 6.34. The number of hydrogen-bond acceptors (Lipinski definition) is 4. The van der Waals surface area contributed by atoms with Crippen LogP contribution in [0.3, 0.4) is 0 Å². The molecule has 0 saturated heterocycles. The van der Waals surface area contributed by atoms with Crippen LogP contribution >= 0.6 is 11.3 Å². The van der Waals surface area contributed by atoms with E-state index in [9.17, 15) is 4.79 Å². The molecule has 1 rings (SSSR count). The molecule has 2 N–H and O–H groups in total. The molecule has 0 saturated carbocycles. The van der Waals surface area contributed by atoms with Crippen LogP contribution < -0.4 is 10.6 Å². The van der Waals surface area contributed by atoms with Gasteiger partial charge in [-0.3, -0.25) is 4.79 Å². The van der Waals surface area contributed by atoms with Crippen molar-refractivity contribution in [3.05, 3.63) is 10.6 Å². The van der Waals surface area contributed by atoms with Crippen molar-refractivity contribution < 1.29 is 4.79 Å². The maximum Gasteiger partial charge on any atom is 0.243 e. The molecule has 0 fully saturated rings. The van der Waals surface area contributed by atoms with Crippen LogP contribution in [0.2, 0.25) is 0 Å². The second-order valence-electron chi connectivity index (χ2n) is 3.83. The standard InChI is InChI=1S/C11H19N3OS/c1-5-6-12-8(3)10(15)14-11-13-7(2)9(4)16-11/h8,12H,5-6H2,1-4H3,(H,13,14,15). The third-order valence-corrected chi connectivity index (χ3v) is 3.34. The highest BCUT2D eigenvalue weighted by atomic mass is 32.1. The van der Waals surface area contributed by atoms with Crippen LogP contribution in [0.15, 0.2) is 0 Å². The third kappa shape index (κ3) is 3.57. The predicted molar refractivity (Wildman–Crippen MR) is 68.0 cm³/mol. The number of nitrogens with zero attached hydrogens (tertiary/aromatic N) is 1. The summed E-state index contributed by atoms with van der Waals surface area (Å²) in [5.41, 5.74) is 0.981. The zero-order chi connectivity index (χ0) is 12.1. The van der Waals surface area contributed by atoms with Crippen molar-refractivity contribution in [3.8, 4) is 0 Å². The first-order valence-electron chi connectivity index (χ1n) is 5.52. The first-order chi connectivity index (χ1) is 7.54. The van der Waals surface area contributed by atoms with E-state index in [1.807, 2.05) is 20.8 Å². The summed E-state index contributed by atoms with van der Waals surface area (Å²) in [6, 6.07) is -0.176. The van der Waals surface area contributed by atoms with Gasteiger partial charge in [0.1, 0.15) is 0 Å². The molecule has 4 nitrogen and oxygen atoms in total. The van der Waals surface area contributed by atoms with E-state index in [1.165, 1.54) is 11.3 Å². The molecule has 90 valence electrons. The highest BCUT2D eigenvalue weighted by Gasteiger charge is 2.13. The number of carbonyl (C=O) groups excluding carboxylic acids is 1. The Labute approximate surface area is 100 Å². The molecule has 0 radical (unpaired) electrons. The highest BCUT2D eigenvalue weighted by Crippen LogP contribution is 2.20. The van der Waals surface area contributed by atoms with E-state index in [0.717, 1.165) is 23.5 Å². The van der Waals surface area contributed by atoms with Crippen molar-refractivity contribution in [2.45, 2.75) is 40.2 Å². The maximum absolute atomic E-state index is 11.7. The van der Waals surface area contributed by atoms with Crippen molar-refractivity contribution >= 4 is 22.4 Å². The zero-order valence-electron chi connectivity index (χ0n) is 10.3. The number of anilines is 1. The smallest absolute Gasteiger partial charge is 0.243 e. The summed E-state index contributed by atoms with van der Waals surface area (Å²) in [7, 11) is 0. The van der Waals surface area contributed by atoms with E-state index in [1.54, 1.807) is 0 Å². The average Bonchev–Trinajstić information content (AvgIpc) is 2.54. The summed E-state index contributed by atoms with van der Waals surface area (Å²) in [5, 5.41) is 6.64. The Bertz CT molecular complexity index is 343. The Balaban J connectivity index is 2.50. The normalized spacial score (nSPS) is 12.5. The molecule has 5 heteroatoms. The Hall–Kier alpha value is -0.940. The number of nitrogens with one attached hydrogen (secondary N) is 2. The van der Waals surface area contributed by atoms with Crippen molar-refractivity contribution in [2.24, 2.45) is 0 Å². The summed E-state index contributed by atoms with van der Waals surface area (Å²) < 4.78 is 0. The summed E-state index contributed by atoms with van der Waals surface area (Å²) in [5.74, 6) is -0.0257. The van der Waals surface area contributed by atoms with Crippen molar-refractivity contribution in [2.75, 3.05) is 11.9 Å². The van der Waals surface area contributed by atoms with Gasteiger partial charge in [-0.25, -0.2) is 4.98 Å². The van der Waals surface area contributed by atoms with Gasteiger partial charge < -0.3 is 10.6 Å². The molecule has 0 aromatic carbocycles. The minimum Gasteiger partial charge on any atom is -0.306 e. The van der Waals surface area contributed by atoms with Crippen LogP contribution in [0.25, 0.3) is 0 Å². The third-order valence-electron chi connectivity index (χ3n) is 2.35. The molecule has 0 spiro atoms. The largest absolute Gasteiger partial charge is 0.306 e. The number of thiazole rings is 1. The fraction of sp³-hybridized carbons (Fsp3) is 0.636. The fourth-order valence-electron chi connectivity index (χ4n) is 1.19. The summed E-state index contributed by atoms with van der Waals surface area (Å²) in [4.78, 5) is 17.1. The summed E-state index contributed by atoms with van der Waals surface area (Å²) in [6.07, 6.45) is 1.02. The monoisotopic (exact) mass is 241 g/mol. The lowest BCUT2D eigenvalue weighted by Crippen LogP contribution is -2.38. The maximum atomic E-state index is 11.7. The van der Waals surface area contributed by atoms with Crippen LogP contribution in [0.5, 0.6) is 0 Å². The molecule has 0 aliphatic rings. The SMILES string of the molecule is CCCNC(C)C(=O)Nc1nc(C)c(C)s1.